The number of halogens is 1. The Kier molecular flexibility index (Phi) is 5.88. The van der Waals surface area contributed by atoms with Crippen LogP contribution in [0.2, 0.25) is 0 Å². The summed E-state index contributed by atoms with van der Waals surface area (Å²) in [6, 6.07) is 13.6. The van der Waals surface area contributed by atoms with Gasteiger partial charge in [0.05, 0.1) is 10.9 Å². The average molecular weight is 391 g/mol. The summed E-state index contributed by atoms with van der Waals surface area (Å²) in [4.78, 5) is 14.5. The van der Waals surface area contributed by atoms with Crippen LogP contribution < -0.4 is 5.32 Å². The molecule has 3 rings (SSSR count). The molecule has 6 nitrogen and oxygen atoms in total. The molecule has 8 heteroatoms. The number of carbonyl (C=O) groups excluding carboxylic acids is 1. The summed E-state index contributed by atoms with van der Waals surface area (Å²) in [6.45, 7) is 3.27. The number of benzene rings is 2. The fourth-order valence-electron chi connectivity index (χ4n) is 3.02. The molecule has 1 fully saturated rings. The van der Waals surface area contributed by atoms with Gasteiger partial charge in [0, 0.05) is 31.9 Å². The number of sulfonamides is 1. The third-order valence-corrected chi connectivity index (χ3v) is 6.61. The lowest BCUT2D eigenvalue weighted by Crippen LogP contribution is -2.53. The van der Waals surface area contributed by atoms with E-state index in [-0.39, 0.29) is 29.9 Å². The van der Waals surface area contributed by atoms with Gasteiger partial charge in [-0.2, -0.15) is 4.31 Å². The predicted molar refractivity (Wildman–Crippen MR) is 101 cm³/mol. The first-order valence-corrected chi connectivity index (χ1v) is 10.2. The van der Waals surface area contributed by atoms with Gasteiger partial charge < -0.3 is 5.32 Å². The van der Waals surface area contributed by atoms with Gasteiger partial charge in [0.15, 0.2) is 0 Å². The van der Waals surface area contributed by atoms with Gasteiger partial charge in [-0.3, -0.25) is 9.69 Å². The van der Waals surface area contributed by atoms with Crippen LogP contribution in [0.25, 0.3) is 0 Å². The molecule has 0 radical (unpaired) electrons. The molecular weight excluding hydrogens is 369 g/mol. The van der Waals surface area contributed by atoms with Gasteiger partial charge in [-0.25, -0.2) is 12.8 Å². The van der Waals surface area contributed by atoms with Crippen molar-refractivity contribution in [3.8, 4) is 0 Å². The zero-order valence-electron chi connectivity index (χ0n) is 15.0. The highest BCUT2D eigenvalue weighted by atomic mass is 32.2. The van der Waals surface area contributed by atoms with E-state index in [0.717, 1.165) is 17.8 Å². The van der Waals surface area contributed by atoms with Gasteiger partial charge >= 0.3 is 0 Å². The van der Waals surface area contributed by atoms with E-state index >= 15 is 0 Å². The Morgan fingerprint density at radius 1 is 1.00 bits per heavy atom. The molecule has 1 amide bonds. The number of hydrogen-bond donors (Lipinski definition) is 1. The van der Waals surface area contributed by atoms with Crippen molar-refractivity contribution in [1.82, 2.24) is 9.21 Å². The van der Waals surface area contributed by atoms with Crippen molar-refractivity contribution < 1.29 is 17.6 Å². The molecule has 1 aliphatic rings. The van der Waals surface area contributed by atoms with Crippen molar-refractivity contribution in [3.63, 3.8) is 0 Å². The minimum Gasteiger partial charge on any atom is -0.325 e. The number of amides is 1. The van der Waals surface area contributed by atoms with Gasteiger partial charge in [0.1, 0.15) is 5.82 Å². The van der Waals surface area contributed by atoms with Gasteiger partial charge in [-0.1, -0.05) is 18.2 Å². The molecule has 1 heterocycles. The lowest BCUT2D eigenvalue weighted by atomic mass is 10.2. The van der Waals surface area contributed by atoms with E-state index in [4.69, 9.17) is 0 Å². The standard InChI is InChI=1S/C19H22FN3O3S/c1-15(19(24)21-17-5-3-2-4-6-17)22-11-13-23(14-12-22)27(25,26)18-9-7-16(20)8-10-18/h2-10,15H,11-14H2,1H3,(H,21,24)/t15-/m1/s1. The minimum absolute atomic E-state index is 0.0761. The fraction of sp³-hybridized carbons (Fsp3) is 0.316. The molecule has 27 heavy (non-hydrogen) atoms. The Hall–Kier alpha value is -2.29. The van der Waals surface area contributed by atoms with Crippen molar-refractivity contribution in [2.45, 2.75) is 17.9 Å². The predicted octanol–water partition coefficient (Wildman–Crippen LogP) is 2.16. The lowest BCUT2D eigenvalue weighted by molar-refractivity contribution is -0.121. The largest absolute Gasteiger partial charge is 0.325 e. The summed E-state index contributed by atoms with van der Waals surface area (Å²) >= 11 is 0. The van der Waals surface area contributed by atoms with Crippen molar-refractivity contribution >= 4 is 21.6 Å². The van der Waals surface area contributed by atoms with E-state index in [9.17, 15) is 17.6 Å². The Morgan fingerprint density at radius 3 is 2.19 bits per heavy atom. The Labute approximate surface area is 158 Å². The summed E-state index contributed by atoms with van der Waals surface area (Å²) in [6.07, 6.45) is 0. The molecule has 2 aromatic carbocycles. The average Bonchev–Trinajstić information content (AvgIpc) is 2.68. The zero-order chi connectivity index (χ0) is 19.4. The fourth-order valence-corrected chi connectivity index (χ4v) is 4.44. The van der Waals surface area contributed by atoms with Gasteiger partial charge in [-0.15, -0.1) is 0 Å². The van der Waals surface area contributed by atoms with E-state index in [0.29, 0.717) is 13.1 Å². The first kappa shape index (κ1) is 19.5. The van der Waals surface area contributed by atoms with Crippen LogP contribution in [0.3, 0.4) is 0 Å². The van der Waals surface area contributed by atoms with Crippen LogP contribution in [0.1, 0.15) is 6.92 Å². The summed E-state index contributed by atoms with van der Waals surface area (Å²) < 4.78 is 39.7. The van der Waals surface area contributed by atoms with Crippen LogP contribution in [0.15, 0.2) is 59.5 Å². The summed E-state index contributed by atoms with van der Waals surface area (Å²) in [5.41, 5.74) is 0.729. The van der Waals surface area contributed by atoms with E-state index in [1.807, 2.05) is 42.2 Å². The Balaban J connectivity index is 1.59. The molecule has 2 aromatic rings. The molecule has 0 bridgehead atoms. The molecule has 1 aliphatic heterocycles. The molecule has 144 valence electrons. The molecule has 1 atom stereocenters. The van der Waals surface area contributed by atoms with E-state index in [1.165, 1.54) is 16.4 Å². The van der Waals surface area contributed by atoms with Crippen molar-refractivity contribution in [2.24, 2.45) is 0 Å². The number of hydrogen-bond acceptors (Lipinski definition) is 4. The summed E-state index contributed by atoms with van der Waals surface area (Å²) in [5.74, 6) is -0.604. The number of nitrogens with zero attached hydrogens (tertiary/aromatic N) is 2. The lowest BCUT2D eigenvalue weighted by Gasteiger charge is -2.36. The number of carbonyl (C=O) groups is 1. The van der Waals surface area contributed by atoms with Crippen LogP contribution in [-0.4, -0.2) is 55.8 Å². The number of rotatable bonds is 5. The quantitative estimate of drug-likeness (QED) is 0.848. The van der Waals surface area contributed by atoms with Crippen LogP contribution in [0.5, 0.6) is 0 Å². The van der Waals surface area contributed by atoms with E-state index < -0.39 is 15.8 Å². The smallest absolute Gasteiger partial charge is 0.243 e. The molecule has 0 aromatic heterocycles. The second kappa shape index (κ2) is 8.16. The highest BCUT2D eigenvalue weighted by molar-refractivity contribution is 7.89. The highest BCUT2D eigenvalue weighted by Gasteiger charge is 2.31. The zero-order valence-corrected chi connectivity index (χ0v) is 15.8. The second-order valence-electron chi connectivity index (χ2n) is 6.43. The number of nitrogens with one attached hydrogen (secondary N) is 1. The van der Waals surface area contributed by atoms with Gasteiger partial charge in [0.2, 0.25) is 15.9 Å². The molecule has 0 saturated carbocycles. The summed E-state index contributed by atoms with van der Waals surface area (Å²) in [5, 5.41) is 2.86. The van der Waals surface area contributed by atoms with Crippen LogP contribution in [0.4, 0.5) is 10.1 Å². The molecule has 0 unspecified atom stereocenters. The molecule has 1 N–H and O–H groups in total. The van der Waals surface area contributed by atoms with Crippen LogP contribution in [0, 0.1) is 5.82 Å². The maximum atomic E-state index is 13.0. The number of piperazine rings is 1. The number of anilines is 1. The Bertz CT molecular complexity index is 880. The third-order valence-electron chi connectivity index (χ3n) is 4.69. The summed E-state index contributed by atoms with van der Waals surface area (Å²) in [7, 11) is -3.66. The number of para-hydroxylation sites is 1. The molecular formula is C19H22FN3O3S. The van der Waals surface area contributed by atoms with Crippen LogP contribution >= 0.6 is 0 Å². The minimum atomic E-state index is -3.66. The molecule has 0 spiro atoms. The Morgan fingerprint density at radius 2 is 1.59 bits per heavy atom. The van der Waals surface area contributed by atoms with Crippen molar-refractivity contribution in [1.29, 1.82) is 0 Å². The van der Waals surface area contributed by atoms with Gasteiger partial charge in [0.25, 0.3) is 0 Å². The van der Waals surface area contributed by atoms with Crippen LogP contribution in [-0.2, 0) is 14.8 Å². The second-order valence-corrected chi connectivity index (χ2v) is 8.36. The topological polar surface area (TPSA) is 69.7 Å². The van der Waals surface area contributed by atoms with E-state index in [2.05, 4.69) is 5.32 Å². The van der Waals surface area contributed by atoms with Gasteiger partial charge in [-0.05, 0) is 43.3 Å². The molecule has 0 aliphatic carbocycles. The SMILES string of the molecule is C[C@H](C(=O)Nc1ccccc1)N1CCN(S(=O)(=O)c2ccc(F)cc2)CC1. The van der Waals surface area contributed by atoms with E-state index in [1.54, 1.807) is 0 Å². The maximum absolute atomic E-state index is 13.0. The maximum Gasteiger partial charge on any atom is 0.243 e. The first-order valence-electron chi connectivity index (χ1n) is 8.73. The third kappa shape index (κ3) is 4.52. The highest BCUT2D eigenvalue weighted by Crippen LogP contribution is 2.19. The van der Waals surface area contributed by atoms with Crippen molar-refractivity contribution in [2.75, 3.05) is 31.5 Å². The molecule has 1 saturated heterocycles. The normalized spacial score (nSPS) is 17.4. The van der Waals surface area contributed by atoms with Crippen molar-refractivity contribution in [3.05, 3.63) is 60.4 Å². The first-order chi connectivity index (χ1) is 12.9. The monoisotopic (exact) mass is 391 g/mol.